The summed E-state index contributed by atoms with van der Waals surface area (Å²) in [5.41, 5.74) is 0. The van der Waals surface area contributed by atoms with Crippen molar-refractivity contribution in [1.82, 2.24) is 10.5 Å². The highest BCUT2D eigenvalue weighted by atomic mass is 16.5. The Balaban J connectivity index is 1.74. The molecule has 14 heavy (non-hydrogen) atoms. The molecule has 0 spiro atoms. The first-order valence-electron chi connectivity index (χ1n) is 5.49. The summed E-state index contributed by atoms with van der Waals surface area (Å²) in [5.74, 6) is 1.78. The first-order valence-corrected chi connectivity index (χ1v) is 5.49. The van der Waals surface area contributed by atoms with Gasteiger partial charge in [-0.15, -0.1) is 0 Å². The van der Waals surface area contributed by atoms with Crippen LogP contribution >= 0.6 is 0 Å². The van der Waals surface area contributed by atoms with Gasteiger partial charge in [-0.1, -0.05) is 18.0 Å². The second-order valence-electron chi connectivity index (χ2n) is 4.19. The van der Waals surface area contributed by atoms with Gasteiger partial charge in [0.1, 0.15) is 5.76 Å². The van der Waals surface area contributed by atoms with Crippen molar-refractivity contribution in [2.75, 3.05) is 0 Å². The molecule has 1 aromatic rings. The van der Waals surface area contributed by atoms with Gasteiger partial charge in [-0.3, -0.25) is 0 Å². The molecular formula is C11H18N2O. The molecule has 3 nitrogen and oxygen atoms in total. The zero-order chi connectivity index (χ0) is 9.80. The molecule has 1 aromatic heterocycles. The summed E-state index contributed by atoms with van der Waals surface area (Å²) in [5, 5.41) is 7.18. The predicted octanol–water partition coefficient (Wildman–Crippen LogP) is 2.34. The SMILES string of the molecule is CC(NCc1ccno1)C1CCCC1. The fraction of sp³-hybridized carbons (Fsp3) is 0.727. The molecule has 78 valence electrons. The van der Waals surface area contributed by atoms with Crippen molar-refractivity contribution in [2.45, 2.75) is 45.2 Å². The Bertz CT molecular complexity index is 252. The monoisotopic (exact) mass is 194 g/mol. The Kier molecular flexibility index (Phi) is 3.19. The molecule has 0 amide bonds. The van der Waals surface area contributed by atoms with Gasteiger partial charge in [-0.2, -0.15) is 0 Å². The second-order valence-corrected chi connectivity index (χ2v) is 4.19. The Labute approximate surface area is 84.9 Å². The minimum Gasteiger partial charge on any atom is -0.360 e. The van der Waals surface area contributed by atoms with Gasteiger partial charge < -0.3 is 9.84 Å². The van der Waals surface area contributed by atoms with Crippen molar-refractivity contribution < 1.29 is 4.52 Å². The summed E-state index contributed by atoms with van der Waals surface area (Å²) in [6.07, 6.45) is 7.25. The minimum absolute atomic E-state index is 0.600. The highest BCUT2D eigenvalue weighted by Gasteiger charge is 2.20. The fourth-order valence-electron chi connectivity index (χ4n) is 2.22. The molecule has 1 saturated carbocycles. The number of nitrogens with zero attached hydrogens (tertiary/aromatic N) is 1. The minimum atomic E-state index is 0.600. The summed E-state index contributed by atoms with van der Waals surface area (Å²) in [6.45, 7) is 3.07. The van der Waals surface area contributed by atoms with E-state index < -0.39 is 0 Å². The van der Waals surface area contributed by atoms with Crippen molar-refractivity contribution >= 4 is 0 Å². The predicted molar refractivity (Wildman–Crippen MR) is 54.8 cm³/mol. The second kappa shape index (κ2) is 4.60. The summed E-state index contributed by atoms with van der Waals surface area (Å²) in [6, 6.07) is 2.51. The summed E-state index contributed by atoms with van der Waals surface area (Å²) >= 11 is 0. The lowest BCUT2D eigenvalue weighted by Crippen LogP contribution is -2.31. The van der Waals surface area contributed by atoms with E-state index in [1.54, 1.807) is 6.20 Å². The van der Waals surface area contributed by atoms with Gasteiger partial charge in [-0.25, -0.2) is 0 Å². The molecule has 1 aliphatic rings. The van der Waals surface area contributed by atoms with Gasteiger partial charge in [0.15, 0.2) is 0 Å². The van der Waals surface area contributed by atoms with Crippen LogP contribution in [-0.2, 0) is 6.54 Å². The number of aromatic nitrogens is 1. The Morgan fingerprint density at radius 3 is 3.00 bits per heavy atom. The standard InChI is InChI=1S/C11H18N2O/c1-9(10-4-2-3-5-10)12-8-11-6-7-13-14-11/h6-7,9-10,12H,2-5,8H2,1H3. The van der Waals surface area contributed by atoms with E-state index in [4.69, 9.17) is 4.52 Å². The number of rotatable bonds is 4. The van der Waals surface area contributed by atoms with Crippen LogP contribution in [-0.4, -0.2) is 11.2 Å². The zero-order valence-electron chi connectivity index (χ0n) is 8.70. The van der Waals surface area contributed by atoms with E-state index in [1.165, 1.54) is 25.7 Å². The molecule has 1 unspecified atom stereocenters. The lowest BCUT2D eigenvalue weighted by molar-refractivity contribution is 0.334. The Morgan fingerprint density at radius 2 is 2.36 bits per heavy atom. The van der Waals surface area contributed by atoms with E-state index in [0.29, 0.717) is 6.04 Å². The van der Waals surface area contributed by atoms with Crippen LogP contribution in [0.5, 0.6) is 0 Å². The molecule has 1 N–H and O–H groups in total. The molecule has 0 saturated heterocycles. The van der Waals surface area contributed by atoms with Gasteiger partial charge in [0, 0.05) is 12.1 Å². The Morgan fingerprint density at radius 1 is 1.57 bits per heavy atom. The lowest BCUT2D eigenvalue weighted by atomic mass is 10.00. The molecule has 2 rings (SSSR count). The highest BCUT2D eigenvalue weighted by molar-refractivity contribution is 4.92. The maximum absolute atomic E-state index is 5.03. The average molecular weight is 194 g/mol. The molecule has 1 atom stereocenters. The smallest absolute Gasteiger partial charge is 0.150 e. The van der Waals surface area contributed by atoms with Crippen molar-refractivity contribution in [2.24, 2.45) is 5.92 Å². The molecule has 0 aromatic carbocycles. The maximum Gasteiger partial charge on any atom is 0.150 e. The van der Waals surface area contributed by atoms with E-state index >= 15 is 0 Å². The molecule has 3 heteroatoms. The summed E-state index contributed by atoms with van der Waals surface area (Å²) in [4.78, 5) is 0. The van der Waals surface area contributed by atoms with Gasteiger partial charge in [-0.05, 0) is 25.7 Å². The van der Waals surface area contributed by atoms with Crippen LogP contribution in [0.4, 0.5) is 0 Å². The van der Waals surface area contributed by atoms with Crippen molar-refractivity contribution in [3.63, 3.8) is 0 Å². The van der Waals surface area contributed by atoms with Gasteiger partial charge in [0.05, 0.1) is 12.7 Å². The molecule has 0 bridgehead atoms. The van der Waals surface area contributed by atoms with Gasteiger partial charge >= 0.3 is 0 Å². The largest absolute Gasteiger partial charge is 0.360 e. The van der Waals surface area contributed by atoms with Crippen LogP contribution in [0.15, 0.2) is 16.8 Å². The summed E-state index contributed by atoms with van der Waals surface area (Å²) < 4.78 is 5.03. The van der Waals surface area contributed by atoms with Crippen LogP contribution in [0.3, 0.4) is 0 Å². The van der Waals surface area contributed by atoms with E-state index in [9.17, 15) is 0 Å². The maximum atomic E-state index is 5.03. The average Bonchev–Trinajstić information content (AvgIpc) is 2.87. The third-order valence-corrected chi connectivity index (χ3v) is 3.20. The quantitative estimate of drug-likeness (QED) is 0.799. The normalized spacial score (nSPS) is 20.1. The van der Waals surface area contributed by atoms with E-state index in [1.807, 2.05) is 6.07 Å². The van der Waals surface area contributed by atoms with Crippen LogP contribution in [0, 0.1) is 5.92 Å². The topological polar surface area (TPSA) is 38.1 Å². The van der Waals surface area contributed by atoms with Crippen molar-refractivity contribution in [1.29, 1.82) is 0 Å². The first-order chi connectivity index (χ1) is 6.86. The number of nitrogens with one attached hydrogen (secondary N) is 1. The molecule has 0 radical (unpaired) electrons. The fourth-order valence-corrected chi connectivity index (χ4v) is 2.22. The van der Waals surface area contributed by atoms with Crippen LogP contribution < -0.4 is 5.32 Å². The third kappa shape index (κ3) is 2.35. The molecule has 1 fully saturated rings. The van der Waals surface area contributed by atoms with Gasteiger partial charge in [0.2, 0.25) is 0 Å². The third-order valence-electron chi connectivity index (χ3n) is 3.20. The zero-order valence-corrected chi connectivity index (χ0v) is 8.70. The van der Waals surface area contributed by atoms with E-state index in [0.717, 1.165) is 18.2 Å². The van der Waals surface area contributed by atoms with Crippen LogP contribution in [0.2, 0.25) is 0 Å². The van der Waals surface area contributed by atoms with Crippen molar-refractivity contribution in [3.8, 4) is 0 Å². The number of hydrogen-bond acceptors (Lipinski definition) is 3. The van der Waals surface area contributed by atoms with Gasteiger partial charge in [0.25, 0.3) is 0 Å². The van der Waals surface area contributed by atoms with Crippen LogP contribution in [0.25, 0.3) is 0 Å². The lowest BCUT2D eigenvalue weighted by Gasteiger charge is -2.19. The van der Waals surface area contributed by atoms with E-state index in [2.05, 4.69) is 17.4 Å². The van der Waals surface area contributed by atoms with Crippen molar-refractivity contribution in [3.05, 3.63) is 18.0 Å². The van der Waals surface area contributed by atoms with Crippen LogP contribution in [0.1, 0.15) is 38.4 Å². The molecule has 1 heterocycles. The summed E-state index contributed by atoms with van der Waals surface area (Å²) in [7, 11) is 0. The van der Waals surface area contributed by atoms with E-state index in [-0.39, 0.29) is 0 Å². The molecule has 0 aliphatic heterocycles. The molecular weight excluding hydrogens is 176 g/mol. The first kappa shape index (κ1) is 9.71. The number of hydrogen-bond donors (Lipinski definition) is 1. The Hall–Kier alpha value is -0.830. The molecule has 1 aliphatic carbocycles. The highest BCUT2D eigenvalue weighted by Crippen LogP contribution is 2.27.